The standard InChI is InChI=1S/C24H31N7O2.CO2/c1-16-6-8-20-18(14-16)27-23(25)30(20)12-4-10-29(2)11-5-13-31-21-9-7-17(22(32)33-3)15-19(21)28-24(31)26;2-1-3/h6-9,14-15H,4-5,10-13H2,1-3H3,(H2,25,27)(H2,26,28);. The van der Waals surface area contributed by atoms with Gasteiger partial charge in [0.25, 0.3) is 0 Å². The van der Waals surface area contributed by atoms with Gasteiger partial charge >= 0.3 is 12.1 Å². The maximum Gasteiger partial charge on any atom is 0.373 e. The van der Waals surface area contributed by atoms with Gasteiger partial charge in [0.05, 0.1) is 34.7 Å². The lowest BCUT2D eigenvalue weighted by Crippen LogP contribution is -2.23. The van der Waals surface area contributed by atoms with Gasteiger partial charge in [0.15, 0.2) is 0 Å². The van der Waals surface area contributed by atoms with E-state index in [1.54, 1.807) is 12.1 Å². The first-order chi connectivity index (χ1) is 17.3. The zero-order chi connectivity index (χ0) is 26.2. The highest BCUT2D eigenvalue weighted by molar-refractivity contribution is 5.94. The van der Waals surface area contributed by atoms with Gasteiger partial charge in [-0.15, -0.1) is 0 Å². The number of aryl methyl sites for hydroxylation is 3. The van der Waals surface area contributed by atoms with Crippen molar-refractivity contribution in [2.45, 2.75) is 32.9 Å². The molecular weight excluding hydrogens is 462 g/mol. The number of aromatic nitrogens is 4. The molecule has 11 nitrogen and oxygen atoms in total. The zero-order valence-electron chi connectivity index (χ0n) is 20.7. The number of rotatable bonds is 9. The first-order valence-corrected chi connectivity index (χ1v) is 11.5. The third kappa shape index (κ3) is 6.07. The van der Waals surface area contributed by atoms with Gasteiger partial charge in [-0.2, -0.15) is 9.59 Å². The number of carbonyl (C=O) groups excluding carboxylic acids is 3. The number of nitrogen functional groups attached to an aromatic ring is 2. The fraction of sp³-hybridized carbons (Fsp3) is 0.360. The second kappa shape index (κ2) is 12.0. The van der Waals surface area contributed by atoms with E-state index in [4.69, 9.17) is 25.8 Å². The summed E-state index contributed by atoms with van der Waals surface area (Å²) in [5.74, 6) is 0.635. The number of anilines is 2. The largest absolute Gasteiger partial charge is 0.465 e. The van der Waals surface area contributed by atoms with E-state index in [1.165, 1.54) is 12.7 Å². The normalized spacial score (nSPS) is 10.9. The van der Waals surface area contributed by atoms with Crippen molar-refractivity contribution in [2.75, 3.05) is 38.7 Å². The maximum absolute atomic E-state index is 11.7. The van der Waals surface area contributed by atoms with E-state index in [0.29, 0.717) is 23.0 Å². The van der Waals surface area contributed by atoms with Gasteiger partial charge in [0.1, 0.15) is 0 Å². The van der Waals surface area contributed by atoms with Crippen molar-refractivity contribution >= 4 is 46.1 Å². The van der Waals surface area contributed by atoms with E-state index in [0.717, 1.165) is 55.6 Å². The summed E-state index contributed by atoms with van der Waals surface area (Å²) in [7, 11) is 3.49. The van der Waals surface area contributed by atoms with E-state index < -0.39 is 0 Å². The quantitative estimate of drug-likeness (QED) is 0.335. The number of fused-ring (bicyclic) bond motifs is 2. The van der Waals surface area contributed by atoms with E-state index in [-0.39, 0.29) is 12.1 Å². The predicted octanol–water partition coefficient (Wildman–Crippen LogP) is 2.47. The number of hydrogen-bond donors (Lipinski definition) is 2. The van der Waals surface area contributed by atoms with Crippen LogP contribution in [0.2, 0.25) is 0 Å². The second-order valence-electron chi connectivity index (χ2n) is 8.52. The smallest absolute Gasteiger partial charge is 0.373 e. The van der Waals surface area contributed by atoms with Crippen molar-refractivity contribution in [2.24, 2.45) is 0 Å². The molecule has 2 heterocycles. The lowest BCUT2D eigenvalue weighted by molar-refractivity contribution is -0.191. The average molecular weight is 494 g/mol. The molecule has 0 amide bonds. The van der Waals surface area contributed by atoms with E-state index >= 15 is 0 Å². The molecule has 0 spiro atoms. The third-order valence-electron chi connectivity index (χ3n) is 5.98. The molecule has 0 aliphatic carbocycles. The van der Waals surface area contributed by atoms with Crippen molar-refractivity contribution in [3.8, 4) is 0 Å². The van der Waals surface area contributed by atoms with Gasteiger partial charge in [0, 0.05) is 13.1 Å². The van der Waals surface area contributed by atoms with Crippen LogP contribution in [-0.2, 0) is 27.4 Å². The summed E-state index contributed by atoms with van der Waals surface area (Å²) in [6.07, 6.45) is 2.16. The molecule has 0 aliphatic heterocycles. The zero-order valence-corrected chi connectivity index (χ0v) is 20.7. The van der Waals surface area contributed by atoms with Crippen LogP contribution in [0.3, 0.4) is 0 Å². The number of hydrogen-bond acceptors (Lipinski definition) is 9. The number of benzene rings is 2. The van der Waals surface area contributed by atoms with Crippen molar-refractivity contribution in [3.63, 3.8) is 0 Å². The number of methoxy groups -OCH3 is 1. The van der Waals surface area contributed by atoms with Crippen LogP contribution < -0.4 is 11.5 Å². The summed E-state index contributed by atoms with van der Waals surface area (Å²) in [5.41, 5.74) is 17.6. The Hall–Kier alpha value is -4.21. The fourth-order valence-electron chi connectivity index (χ4n) is 4.23. The van der Waals surface area contributed by atoms with Gasteiger partial charge in [-0.3, -0.25) is 0 Å². The minimum atomic E-state index is -0.382. The highest BCUT2D eigenvalue weighted by atomic mass is 16.5. The molecule has 0 fully saturated rings. The Balaban J connectivity index is 0.00000115. The van der Waals surface area contributed by atoms with Crippen LogP contribution in [-0.4, -0.2) is 63.4 Å². The molecule has 0 atom stereocenters. The lowest BCUT2D eigenvalue weighted by Gasteiger charge is -2.17. The molecule has 0 aliphatic rings. The van der Waals surface area contributed by atoms with Crippen molar-refractivity contribution in [1.29, 1.82) is 0 Å². The summed E-state index contributed by atoms with van der Waals surface area (Å²) in [5, 5.41) is 0. The van der Waals surface area contributed by atoms with Gasteiger partial charge in [-0.05, 0) is 75.8 Å². The summed E-state index contributed by atoms with van der Waals surface area (Å²) >= 11 is 0. The highest BCUT2D eigenvalue weighted by Crippen LogP contribution is 2.21. The van der Waals surface area contributed by atoms with Crippen molar-refractivity contribution in [3.05, 3.63) is 47.5 Å². The van der Waals surface area contributed by atoms with E-state index in [2.05, 4.69) is 51.6 Å². The van der Waals surface area contributed by atoms with Crippen LogP contribution in [0.15, 0.2) is 36.4 Å². The first kappa shape index (κ1) is 26.4. The summed E-state index contributed by atoms with van der Waals surface area (Å²) < 4.78 is 8.86. The minimum absolute atomic E-state index is 0.250. The number of nitrogens with two attached hydrogens (primary N) is 2. The van der Waals surface area contributed by atoms with Crippen LogP contribution in [0, 0.1) is 6.92 Å². The van der Waals surface area contributed by atoms with Crippen molar-refractivity contribution in [1.82, 2.24) is 24.0 Å². The van der Waals surface area contributed by atoms with Crippen LogP contribution in [0.1, 0.15) is 28.8 Å². The summed E-state index contributed by atoms with van der Waals surface area (Å²) in [4.78, 5) is 39.2. The minimum Gasteiger partial charge on any atom is -0.465 e. The van der Waals surface area contributed by atoms with Crippen LogP contribution >= 0.6 is 0 Å². The van der Waals surface area contributed by atoms with E-state index in [9.17, 15) is 4.79 Å². The Kier molecular flexibility index (Phi) is 8.77. The molecule has 0 bridgehead atoms. The Morgan fingerprint density at radius 1 is 0.944 bits per heavy atom. The predicted molar refractivity (Wildman–Crippen MR) is 136 cm³/mol. The number of ether oxygens (including phenoxy) is 1. The molecule has 36 heavy (non-hydrogen) atoms. The molecule has 4 aromatic rings. The van der Waals surface area contributed by atoms with Gasteiger partial charge in [-0.1, -0.05) is 6.07 Å². The Morgan fingerprint density at radius 2 is 1.44 bits per heavy atom. The van der Waals surface area contributed by atoms with Crippen LogP contribution in [0.25, 0.3) is 22.1 Å². The number of carbonyl (C=O) groups is 1. The Morgan fingerprint density at radius 3 is 1.97 bits per heavy atom. The van der Waals surface area contributed by atoms with E-state index in [1.807, 2.05) is 10.6 Å². The summed E-state index contributed by atoms with van der Waals surface area (Å²) in [6.45, 7) is 5.52. The number of nitrogens with zero attached hydrogens (tertiary/aromatic N) is 5. The molecule has 4 rings (SSSR count). The molecule has 2 aromatic carbocycles. The number of esters is 1. The highest BCUT2D eigenvalue weighted by Gasteiger charge is 2.13. The first-order valence-electron chi connectivity index (χ1n) is 11.5. The van der Waals surface area contributed by atoms with Crippen LogP contribution in [0.4, 0.5) is 11.9 Å². The molecule has 190 valence electrons. The third-order valence-corrected chi connectivity index (χ3v) is 5.98. The summed E-state index contributed by atoms with van der Waals surface area (Å²) in [6, 6.07) is 11.6. The number of imidazole rings is 2. The molecule has 11 heteroatoms. The average Bonchev–Trinajstić information content (AvgIpc) is 3.33. The molecule has 0 saturated carbocycles. The van der Waals surface area contributed by atoms with Gasteiger partial charge in [-0.25, -0.2) is 14.8 Å². The topological polar surface area (TPSA) is 151 Å². The fourth-order valence-corrected chi connectivity index (χ4v) is 4.23. The molecule has 0 radical (unpaired) electrons. The molecule has 4 N–H and O–H groups in total. The monoisotopic (exact) mass is 493 g/mol. The molecular formula is C25H31N7O4. The SMILES string of the molecule is COC(=O)c1ccc2c(c1)nc(N)n2CCCN(C)CCCn1c(N)nc2cc(C)ccc21.O=C=O. The molecule has 0 saturated heterocycles. The molecule has 2 aromatic heterocycles. The maximum atomic E-state index is 11.7. The Labute approximate surface area is 208 Å². The van der Waals surface area contributed by atoms with Gasteiger partial charge in [0.2, 0.25) is 11.9 Å². The molecule has 0 unspecified atom stereocenters. The second-order valence-corrected chi connectivity index (χ2v) is 8.52. The van der Waals surface area contributed by atoms with Gasteiger partial charge < -0.3 is 30.2 Å². The lowest BCUT2D eigenvalue weighted by atomic mass is 10.2. The van der Waals surface area contributed by atoms with Crippen LogP contribution in [0.5, 0.6) is 0 Å². The Bertz CT molecular complexity index is 1390. The van der Waals surface area contributed by atoms with Crippen molar-refractivity contribution < 1.29 is 19.1 Å².